The zero-order chi connectivity index (χ0) is 16.9. The van der Waals surface area contributed by atoms with Crippen molar-refractivity contribution in [2.75, 3.05) is 11.9 Å². The second-order valence-corrected chi connectivity index (χ2v) is 6.77. The van der Waals surface area contributed by atoms with Gasteiger partial charge in [-0.2, -0.15) is 0 Å². The highest BCUT2D eigenvalue weighted by Crippen LogP contribution is 2.36. The molecular weight excluding hydrogens is 290 g/mol. The average molecular weight is 319 g/mol. The normalized spacial score (nSPS) is 24.5. The Hall–Kier alpha value is -1.55. The molecule has 1 aromatic rings. The predicted octanol–water partition coefficient (Wildman–Crippen LogP) is 4.40. The number of nitrogens with one attached hydrogen (secondary N) is 1. The van der Waals surface area contributed by atoms with Crippen molar-refractivity contribution in [3.05, 3.63) is 24.3 Å². The summed E-state index contributed by atoms with van der Waals surface area (Å²) in [4.78, 5) is 12.8. The van der Waals surface area contributed by atoms with Crippen molar-refractivity contribution in [3.63, 3.8) is 0 Å². The molecule has 0 saturated heterocycles. The standard InChI is InChI=1S/C19H29NO3/c1-5-22-19(12-6-7-15(4)13-19)18(21)20-16-8-10-17(11-9-16)23-14(2)3/h8-11,14-15H,5-7,12-13H2,1-4H3,(H,20,21). The highest BCUT2D eigenvalue weighted by Gasteiger charge is 2.42. The van der Waals surface area contributed by atoms with Gasteiger partial charge in [0.05, 0.1) is 6.10 Å². The van der Waals surface area contributed by atoms with Crippen LogP contribution in [0.5, 0.6) is 5.75 Å². The van der Waals surface area contributed by atoms with Gasteiger partial charge in [-0.25, -0.2) is 0 Å². The van der Waals surface area contributed by atoms with Crippen LogP contribution in [0.1, 0.15) is 53.4 Å². The van der Waals surface area contributed by atoms with Gasteiger partial charge in [-0.1, -0.05) is 13.3 Å². The second kappa shape index (κ2) is 7.82. The van der Waals surface area contributed by atoms with Crippen molar-refractivity contribution >= 4 is 11.6 Å². The lowest BCUT2D eigenvalue weighted by Crippen LogP contribution is -2.48. The van der Waals surface area contributed by atoms with E-state index in [0.717, 1.165) is 30.7 Å². The third kappa shape index (κ3) is 4.71. The van der Waals surface area contributed by atoms with Gasteiger partial charge in [-0.05, 0) is 70.2 Å². The summed E-state index contributed by atoms with van der Waals surface area (Å²) >= 11 is 0. The molecule has 1 aliphatic rings. The Balaban J connectivity index is 2.06. The van der Waals surface area contributed by atoms with E-state index in [1.807, 2.05) is 45.0 Å². The van der Waals surface area contributed by atoms with Gasteiger partial charge < -0.3 is 14.8 Å². The van der Waals surface area contributed by atoms with Crippen molar-refractivity contribution in [1.29, 1.82) is 0 Å². The summed E-state index contributed by atoms with van der Waals surface area (Å²) in [5.74, 6) is 1.30. The van der Waals surface area contributed by atoms with Crippen molar-refractivity contribution in [3.8, 4) is 5.75 Å². The summed E-state index contributed by atoms with van der Waals surface area (Å²) in [6, 6.07) is 7.52. The van der Waals surface area contributed by atoms with Crippen LogP contribution in [-0.2, 0) is 9.53 Å². The van der Waals surface area contributed by atoms with E-state index in [-0.39, 0.29) is 12.0 Å². The molecule has 1 N–H and O–H groups in total. The molecular formula is C19H29NO3. The first-order valence-corrected chi connectivity index (χ1v) is 8.67. The molecule has 1 saturated carbocycles. The maximum atomic E-state index is 12.8. The number of carbonyl (C=O) groups excluding carboxylic acids is 1. The topological polar surface area (TPSA) is 47.6 Å². The summed E-state index contributed by atoms with van der Waals surface area (Å²) in [6.45, 7) is 8.68. The predicted molar refractivity (Wildman–Crippen MR) is 92.8 cm³/mol. The van der Waals surface area contributed by atoms with Crippen LogP contribution in [-0.4, -0.2) is 24.2 Å². The van der Waals surface area contributed by atoms with Crippen molar-refractivity contribution in [2.24, 2.45) is 5.92 Å². The number of rotatable bonds is 6. The molecule has 1 aromatic carbocycles. The highest BCUT2D eigenvalue weighted by molar-refractivity contribution is 5.97. The average Bonchev–Trinajstić information content (AvgIpc) is 2.49. The van der Waals surface area contributed by atoms with E-state index >= 15 is 0 Å². The van der Waals surface area contributed by atoms with Crippen LogP contribution in [0.3, 0.4) is 0 Å². The van der Waals surface area contributed by atoms with Crippen LogP contribution in [0.2, 0.25) is 0 Å². The van der Waals surface area contributed by atoms with Crippen molar-refractivity contribution < 1.29 is 14.3 Å². The largest absolute Gasteiger partial charge is 0.491 e. The van der Waals surface area contributed by atoms with E-state index in [2.05, 4.69) is 12.2 Å². The highest BCUT2D eigenvalue weighted by atomic mass is 16.5. The van der Waals surface area contributed by atoms with Gasteiger partial charge in [-0.15, -0.1) is 0 Å². The van der Waals surface area contributed by atoms with Crippen molar-refractivity contribution in [2.45, 2.75) is 65.1 Å². The molecule has 0 aromatic heterocycles. The molecule has 23 heavy (non-hydrogen) atoms. The van der Waals surface area contributed by atoms with Crippen molar-refractivity contribution in [1.82, 2.24) is 0 Å². The lowest BCUT2D eigenvalue weighted by molar-refractivity contribution is -0.147. The molecule has 0 bridgehead atoms. The Bertz CT molecular complexity index is 508. The maximum absolute atomic E-state index is 12.8. The fourth-order valence-corrected chi connectivity index (χ4v) is 3.32. The molecule has 2 rings (SSSR count). The first kappa shape index (κ1) is 17.8. The zero-order valence-corrected chi connectivity index (χ0v) is 14.7. The summed E-state index contributed by atoms with van der Waals surface area (Å²) < 4.78 is 11.5. The van der Waals surface area contributed by atoms with Gasteiger partial charge in [-0.3, -0.25) is 4.79 Å². The summed E-state index contributed by atoms with van der Waals surface area (Å²) in [5.41, 5.74) is 0.0999. The fraction of sp³-hybridized carbons (Fsp3) is 0.632. The maximum Gasteiger partial charge on any atom is 0.256 e. The Morgan fingerprint density at radius 3 is 2.61 bits per heavy atom. The lowest BCUT2D eigenvalue weighted by atomic mass is 9.78. The van der Waals surface area contributed by atoms with Gasteiger partial charge in [0.15, 0.2) is 0 Å². The Morgan fingerprint density at radius 2 is 2.04 bits per heavy atom. The number of hydrogen-bond acceptors (Lipinski definition) is 3. The molecule has 1 aliphatic carbocycles. The Morgan fingerprint density at radius 1 is 1.35 bits per heavy atom. The Kier molecular flexibility index (Phi) is 6.05. The molecule has 0 aliphatic heterocycles. The van der Waals surface area contributed by atoms with Gasteiger partial charge in [0.2, 0.25) is 0 Å². The molecule has 0 radical (unpaired) electrons. The molecule has 0 spiro atoms. The third-order valence-corrected chi connectivity index (χ3v) is 4.27. The lowest BCUT2D eigenvalue weighted by Gasteiger charge is -2.38. The van der Waals surface area contributed by atoms with Gasteiger partial charge >= 0.3 is 0 Å². The molecule has 2 unspecified atom stereocenters. The van der Waals surface area contributed by atoms with E-state index in [4.69, 9.17) is 9.47 Å². The smallest absolute Gasteiger partial charge is 0.256 e. The number of benzene rings is 1. The monoisotopic (exact) mass is 319 g/mol. The van der Waals surface area contributed by atoms with Gasteiger partial charge in [0.1, 0.15) is 11.4 Å². The Labute approximate surface area is 139 Å². The van der Waals surface area contributed by atoms with Gasteiger partial charge in [0.25, 0.3) is 5.91 Å². The summed E-state index contributed by atoms with van der Waals surface area (Å²) in [5, 5.41) is 3.02. The molecule has 2 atom stereocenters. The van der Waals surface area contributed by atoms with Crippen LogP contribution >= 0.6 is 0 Å². The number of amides is 1. The van der Waals surface area contributed by atoms with Crippen LogP contribution in [0.4, 0.5) is 5.69 Å². The summed E-state index contributed by atoms with van der Waals surface area (Å²) in [6.07, 6.45) is 3.94. The molecule has 1 fully saturated rings. The van der Waals surface area contributed by atoms with Crippen LogP contribution in [0.15, 0.2) is 24.3 Å². The van der Waals surface area contributed by atoms with E-state index < -0.39 is 5.60 Å². The van der Waals surface area contributed by atoms with E-state index in [0.29, 0.717) is 12.5 Å². The number of anilines is 1. The molecule has 4 nitrogen and oxygen atoms in total. The fourth-order valence-electron chi connectivity index (χ4n) is 3.32. The zero-order valence-electron chi connectivity index (χ0n) is 14.7. The van der Waals surface area contributed by atoms with E-state index in [1.165, 1.54) is 6.42 Å². The minimum Gasteiger partial charge on any atom is -0.491 e. The quantitative estimate of drug-likeness (QED) is 0.845. The molecule has 4 heteroatoms. The minimum absolute atomic E-state index is 0.0246. The van der Waals surface area contributed by atoms with E-state index in [9.17, 15) is 4.79 Å². The number of ether oxygens (including phenoxy) is 2. The first-order valence-electron chi connectivity index (χ1n) is 8.67. The van der Waals surface area contributed by atoms with Crippen LogP contribution in [0.25, 0.3) is 0 Å². The van der Waals surface area contributed by atoms with Gasteiger partial charge in [0, 0.05) is 12.3 Å². The molecule has 0 heterocycles. The van der Waals surface area contributed by atoms with Crippen LogP contribution in [0, 0.1) is 5.92 Å². The van der Waals surface area contributed by atoms with E-state index in [1.54, 1.807) is 0 Å². The minimum atomic E-state index is -0.681. The number of carbonyl (C=O) groups is 1. The summed E-state index contributed by atoms with van der Waals surface area (Å²) in [7, 11) is 0. The first-order chi connectivity index (χ1) is 10.9. The second-order valence-electron chi connectivity index (χ2n) is 6.77. The third-order valence-electron chi connectivity index (χ3n) is 4.27. The molecule has 1 amide bonds. The van der Waals surface area contributed by atoms with Crippen LogP contribution < -0.4 is 10.1 Å². The number of hydrogen-bond donors (Lipinski definition) is 1. The molecule has 128 valence electrons. The SMILES string of the molecule is CCOC1(C(=O)Nc2ccc(OC(C)C)cc2)CCCC(C)C1.